The van der Waals surface area contributed by atoms with Crippen LogP contribution in [-0.2, 0) is 9.59 Å². The first kappa shape index (κ1) is 38.3. The first-order valence-corrected chi connectivity index (χ1v) is 17.8. The quantitative estimate of drug-likeness (QED) is 0.148. The summed E-state index contributed by atoms with van der Waals surface area (Å²) in [5.41, 5.74) is 1.83. The molecule has 2 aromatic heterocycles. The minimum atomic E-state index is -0.793. The average Bonchev–Trinajstić information content (AvgIpc) is 3.93. The predicted molar refractivity (Wildman–Crippen MR) is 197 cm³/mol. The van der Waals surface area contributed by atoms with Gasteiger partial charge in [-0.2, -0.15) is 5.10 Å². The molecule has 1 aliphatic carbocycles. The molecule has 4 aromatic rings. The van der Waals surface area contributed by atoms with Gasteiger partial charge < -0.3 is 20.1 Å². The number of amides is 4. The highest BCUT2D eigenvalue weighted by Crippen LogP contribution is 2.33. The number of anilines is 2. The van der Waals surface area contributed by atoms with Crippen LogP contribution in [0.5, 0.6) is 0 Å². The van der Waals surface area contributed by atoms with Crippen molar-refractivity contribution in [1.29, 1.82) is 0 Å². The van der Waals surface area contributed by atoms with E-state index in [4.69, 9.17) is 0 Å². The standard InChI is InChI=1S/C29H29FN6O5.C5H5NO.C5H10/c1-35(24-6-7-26(38)33-28(24)40)29(41)22-5-3-20(14-19(22)16-37)36-12-9-17(10-13-36)21-4-2-18(15-23(21)30)27(39)32-25-8-11-31-34-25;7-5-3-1-2-4-6-5;1-2-4-5-3-1/h2-5,8,11,14-17,24H,6-7,9-10,12-13H2,1H3,(H,33,38,40)(H2,31,32,34,39);1-4H,(H,6,7);1-5H2. The number of rotatable bonds is 7. The Labute approximate surface area is 306 Å². The van der Waals surface area contributed by atoms with Crippen molar-refractivity contribution < 1.29 is 28.4 Å². The summed E-state index contributed by atoms with van der Waals surface area (Å²) in [4.78, 5) is 77.1. The van der Waals surface area contributed by atoms with Crippen molar-refractivity contribution in [3.8, 4) is 0 Å². The second kappa shape index (κ2) is 18.5. The molecule has 7 rings (SSSR count). The predicted octanol–water partition coefficient (Wildman–Crippen LogP) is 5.20. The lowest BCUT2D eigenvalue weighted by Crippen LogP contribution is -2.53. The number of piperidine rings is 2. The number of H-pyrrole nitrogens is 2. The topological polar surface area (TPSA) is 177 Å². The molecule has 0 bridgehead atoms. The van der Waals surface area contributed by atoms with Gasteiger partial charge in [0.15, 0.2) is 6.29 Å². The molecule has 4 heterocycles. The molecule has 2 saturated heterocycles. The maximum atomic E-state index is 15.0. The second-order valence-corrected chi connectivity index (χ2v) is 13.2. The van der Waals surface area contributed by atoms with Gasteiger partial charge in [-0.15, -0.1) is 0 Å². The van der Waals surface area contributed by atoms with Crippen LogP contribution in [0.4, 0.5) is 15.9 Å². The van der Waals surface area contributed by atoms with Crippen molar-refractivity contribution >= 4 is 41.4 Å². The zero-order valence-corrected chi connectivity index (χ0v) is 29.6. The third-order valence-electron chi connectivity index (χ3n) is 9.63. The summed E-state index contributed by atoms with van der Waals surface area (Å²) >= 11 is 0. The van der Waals surface area contributed by atoms with Crippen molar-refractivity contribution in [2.24, 2.45) is 0 Å². The zero-order chi connectivity index (χ0) is 37.7. The molecule has 4 N–H and O–H groups in total. The molecule has 2 aliphatic heterocycles. The van der Waals surface area contributed by atoms with Crippen molar-refractivity contribution in [3.63, 3.8) is 0 Å². The highest BCUT2D eigenvalue weighted by Gasteiger charge is 2.33. The van der Waals surface area contributed by atoms with Gasteiger partial charge in [0.2, 0.25) is 17.4 Å². The van der Waals surface area contributed by atoms with E-state index in [1.54, 1.807) is 54.7 Å². The molecule has 0 spiro atoms. The van der Waals surface area contributed by atoms with E-state index in [-0.39, 0.29) is 46.9 Å². The lowest BCUT2D eigenvalue weighted by Gasteiger charge is -2.34. The zero-order valence-electron chi connectivity index (χ0n) is 29.6. The van der Waals surface area contributed by atoms with Crippen LogP contribution < -0.4 is 21.1 Å². The Bertz CT molecular complexity index is 1930. The van der Waals surface area contributed by atoms with E-state index in [2.05, 4.69) is 30.7 Å². The van der Waals surface area contributed by atoms with E-state index < -0.39 is 29.6 Å². The first-order valence-electron chi connectivity index (χ1n) is 17.8. The summed E-state index contributed by atoms with van der Waals surface area (Å²) in [7, 11) is 1.48. The fraction of sp³-hybridized carbons (Fsp3) is 0.359. The van der Waals surface area contributed by atoms with Crippen molar-refractivity contribution in [3.05, 3.63) is 111 Å². The Morgan fingerprint density at radius 1 is 0.943 bits per heavy atom. The van der Waals surface area contributed by atoms with Gasteiger partial charge in [0.25, 0.3) is 11.8 Å². The molecular weight excluding hydrogens is 681 g/mol. The van der Waals surface area contributed by atoms with Crippen molar-refractivity contribution in [2.45, 2.75) is 69.7 Å². The van der Waals surface area contributed by atoms with Gasteiger partial charge >= 0.3 is 0 Å². The summed E-state index contributed by atoms with van der Waals surface area (Å²) in [6.07, 6.45) is 12.9. The van der Waals surface area contributed by atoms with Gasteiger partial charge in [-0.1, -0.05) is 44.2 Å². The van der Waals surface area contributed by atoms with Gasteiger partial charge in [0, 0.05) is 61.7 Å². The smallest absolute Gasteiger partial charge is 0.256 e. The summed E-state index contributed by atoms with van der Waals surface area (Å²) < 4.78 is 15.0. The molecule has 1 unspecified atom stereocenters. The fourth-order valence-electron chi connectivity index (χ4n) is 6.65. The van der Waals surface area contributed by atoms with E-state index in [0.717, 1.165) is 5.69 Å². The lowest BCUT2D eigenvalue weighted by molar-refractivity contribution is -0.136. The molecule has 278 valence electrons. The number of nitrogens with one attached hydrogen (secondary N) is 4. The maximum absolute atomic E-state index is 15.0. The van der Waals surface area contributed by atoms with E-state index >= 15 is 4.39 Å². The molecule has 53 heavy (non-hydrogen) atoms. The summed E-state index contributed by atoms with van der Waals surface area (Å²) in [6, 6.07) is 15.2. The van der Waals surface area contributed by atoms with Gasteiger partial charge in [-0.3, -0.25) is 39.2 Å². The maximum Gasteiger partial charge on any atom is 0.256 e. The SMILES string of the molecule is C1CCCC1.CN(C(=O)c1ccc(N2CCC(c3ccc(C(=O)Nc4ccn[nH]4)cc3F)CC2)cc1C=O)C1CCC(=O)NC1=O.O=c1cccc[nH]1. The highest BCUT2D eigenvalue weighted by molar-refractivity contribution is 6.06. The molecule has 13 nitrogen and oxygen atoms in total. The summed E-state index contributed by atoms with van der Waals surface area (Å²) in [6.45, 7) is 1.21. The van der Waals surface area contributed by atoms with Crippen LogP contribution in [0.2, 0.25) is 0 Å². The third-order valence-corrected chi connectivity index (χ3v) is 9.63. The number of halogens is 1. The highest BCUT2D eigenvalue weighted by atomic mass is 19.1. The Morgan fingerprint density at radius 3 is 2.25 bits per heavy atom. The number of nitrogens with zero attached hydrogens (tertiary/aromatic N) is 3. The minimum absolute atomic E-state index is 0.0375. The Kier molecular flexibility index (Phi) is 13.4. The minimum Gasteiger partial charge on any atom is -0.371 e. The molecular formula is C39H44FN7O6. The van der Waals surface area contributed by atoms with Crippen LogP contribution in [0.25, 0.3) is 0 Å². The molecule has 1 atom stereocenters. The van der Waals surface area contributed by atoms with Crippen LogP contribution in [-0.4, -0.2) is 76.2 Å². The molecule has 3 aliphatic rings. The molecule has 2 aromatic carbocycles. The third kappa shape index (κ3) is 10.3. The first-order chi connectivity index (χ1) is 25.6. The number of imide groups is 1. The van der Waals surface area contributed by atoms with E-state index in [1.807, 2.05) is 0 Å². The number of pyridine rings is 1. The fourth-order valence-corrected chi connectivity index (χ4v) is 6.65. The molecule has 4 amide bonds. The Morgan fingerprint density at radius 2 is 1.68 bits per heavy atom. The Balaban J connectivity index is 0.000000381. The lowest BCUT2D eigenvalue weighted by atomic mass is 9.88. The van der Waals surface area contributed by atoms with Crippen LogP contribution in [0.1, 0.15) is 100 Å². The van der Waals surface area contributed by atoms with E-state index in [1.165, 1.54) is 62.4 Å². The van der Waals surface area contributed by atoms with Crippen molar-refractivity contribution in [2.75, 3.05) is 30.4 Å². The Hall–Kier alpha value is -5.92. The van der Waals surface area contributed by atoms with Gasteiger partial charge in [0.1, 0.15) is 17.7 Å². The largest absolute Gasteiger partial charge is 0.371 e. The monoisotopic (exact) mass is 725 g/mol. The van der Waals surface area contributed by atoms with Crippen LogP contribution in [0.15, 0.2) is 77.9 Å². The normalized spacial score (nSPS) is 17.0. The van der Waals surface area contributed by atoms with E-state index in [9.17, 15) is 28.8 Å². The number of hydrogen-bond donors (Lipinski definition) is 4. The molecule has 0 radical (unpaired) electrons. The van der Waals surface area contributed by atoms with Gasteiger partial charge in [-0.05, 0) is 67.1 Å². The number of carbonyl (C=O) groups excluding carboxylic acids is 5. The average molecular weight is 726 g/mol. The molecule has 14 heteroatoms. The molecule has 3 fully saturated rings. The second-order valence-electron chi connectivity index (χ2n) is 13.2. The number of likely N-dealkylation sites (N-methyl/N-ethyl adjacent to an activating group) is 1. The number of aldehydes is 1. The number of hydrogen-bond acceptors (Lipinski definition) is 8. The summed E-state index contributed by atoms with van der Waals surface area (Å²) in [5, 5.41) is 11.3. The van der Waals surface area contributed by atoms with Crippen LogP contribution in [0.3, 0.4) is 0 Å². The van der Waals surface area contributed by atoms with E-state index in [0.29, 0.717) is 43.6 Å². The van der Waals surface area contributed by atoms with Crippen LogP contribution in [0, 0.1) is 5.82 Å². The molecule has 1 saturated carbocycles. The summed E-state index contributed by atoms with van der Waals surface area (Å²) in [5.74, 6) is -1.88. The van der Waals surface area contributed by atoms with Crippen molar-refractivity contribution in [1.82, 2.24) is 25.4 Å². The number of aromatic nitrogens is 3. The number of benzene rings is 2. The van der Waals surface area contributed by atoms with Gasteiger partial charge in [0.05, 0.1) is 11.8 Å². The van der Waals surface area contributed by atoms with Crippen LogP contribution >= 0.6 is 0 Å². The number of aromatic amines is 2. The van der Waals surface area contributed by atoms with Gasteiger partial charge in [-0.25, -0.2) is 4.39 Å². The number of carbonyl (C=O) groups is 5.